The Morgan fingerprint density at radius 1 is 1.12 bits per heavy atom. The zero-order chi connectivity index (χ0) is 19.3. The molecule has 0 spiro atoms. The monoisotopic (exact) mass is 379 g/mol. The molecule has 0 fully saturated rings. The summed E-state index contributed by atoms with van der Waals surface area (Å²) in [6, 6.07) is 9.82. The van der Waals surface area contributed by atoms with Crippen LogP contribution in [0.3, 0.4) is 0 Å². The Hall–Kier alpha value is -2.78. The van der Waals surface area contributed by atoms with Crippen molar-refractivity contribution in [2.24, 2.45) is 0 Å². The van der Waals surface area contributed by atoms with Gasteiger partial charge >= 0.3 is 0 Å². The minimum absolute atomic E-state index is 0.0354. The fraction of sp³-hybridized carbons (Fsp3) is 0.176. The van der Waals surface area contributed by atoms with Gasteiger partial charge in [-0.1, -0.05) is 18.2 Å². The van der Waals surface area contributed by atoms with Crippen molar-refractivity contribution in [3.05, 3.63) is 59.4 Å². The fourth-order valence-corrected chi connectivity index (χ4v) is 3.18. The zero-order valence-electron chi connectivity index (χ0n) is 14.2. The second kappa shape index (κ2) is 8.07. The summed E-state index contributed by atoms with van der Waals surface area (Å²) in [6.45, 7) is 1.24. The van der Waals surface area contributed by atoms with E-state index in [-0.39, 0.29) is 16.1 Å². The van der Waals surface area contributed by atoms with Gasteiger partial charge in [-0.3, -0.25) is 9.59 Å². The maximum atomic E-state index is 13.5. The van der Waals surface area contributed by atoms with Crippen LogP contribution in [0.1, 0.15) is 15.9 Å². The molecular weight excluding hydrogens is 361 g/mol. The summed E-state index contributed by atoms with van der Waals surface area (Å²) < 4.78 is 39.6. The number of hydrogen-bond acceptors (Lipinski definition) is 4. The van der Waals surface area contributed by atoms with Gasteiger partial charge in [-0.25, -0.2) is 17.5 Å². The standard InChI is InChI=1S/C17H18FN3O4S/c1-11-7-8-12(9-15(11)26(24,25)19-2)21-16(22)10-20-17(23)13-5-3-4-6-14(13)18/h3-9,19H,10H2,1-2H3,(H,20,23)(H,21,22). The van der Waals surface area contributed by atoms with E-state index in [2.05, 4.69) is 15.4 Å². The van der Waals surface area contributed by atoms with E-state index in [1.54, 1.807) is 19.1 Å². The first-order chi connectivity index (χ1) is 12.2. The Morgan fingerprint density at radius 3 is 2.46 bits per heavy atom. The maximum absolute atomic E-state index is 13.5. The first-order valence-electron chi connectivity index (χ1n) is 7.61. The molecule has 2 amide bonds. The van der Waals surface area contributed by atoms with Crippen molar-refractivity contribution in [1.82, 2.24) is 10.0 Å². The largest absolute Gasteiger partial charge is 0.343 e. The third kappa shape index (κ3) is 4.64. The minimum atomic E-state index is -3.67. The topological polar surface area (TPSA) is 104 Å². The van der Waals surface area contributed by atoms with E-state index in [1.807, 2.05) is 0 Å². The van der Waals surface area contributed by atoms with Crippen LogP contribution in [0.2, 0.25) is 0 Å². The molecule has 0 aliphatic rings. The van der Waals surface area contributed by atoms with E-state index in [0.717, 1.165) is 6.07 Å². The summed E-state index contributed by atoms with van der Waals surface area (Å²) in [4.78, 5) is 23.9. The number of rotatable bonds is 6. The quantitative estimate of drug-likeness (QED) is 0.706. The number of hydrogen-bond donors (Lipinski definition) is 3. The van der Waals surface area contributed by atoms with Crippen LogP contribution in [-0.4, -0.2) is 33.8 Å². The molecule has 0 saturated carbocycles. The van der Waals surface area contributed by atoms with Gasteiger partial charge < -0.3 is 10.6 Å². The van der Waals surface area contributed by atoms with Crippen LogP contribution in [0.4, 0.5) is 10.1 Å². The highest BCUT2D eigenvalue weighted by Crippen LogP contribution is 2.19. The average molecular weight is 379 g/mol. The molecule has 3 N–H and O–H groups in total. The number of halogens is 1. The van der Waals surface area contributed by atoms with Crippen molar-refractivity contribution < 1.29 is 22.4 Å². The lowest BCUT2D eigenvalue weighted by Gasteiger charge is -2.11. The minimum Gasteiger partial charge on any atom is -0.343 e. The van der Waals surface area contributed by atoms with Gasteiger partial charge in [0.05, 0.1) is 17.0 Å². The fourth-order valence-electron chi connectivity index (χ4n) is 2.18. The van der Waals surface area contributed by atoms with E-state index < -0.39 is 34.2 Å². The molecule has 2 rings (SSSR count). The highest BCUT2D eigenvalue weighted by molar-refractivity contribution is 7.89. The number of benzene rings is 2. The predicted octanol–water partition coefficient (Wildman–Crippen LogP) is 1.41. The average Bonchev–Trinajstić information content (AvgIpc) is 2.61. The van der Waals surface area contributed by atoms with Gasteiger partial charge in [0.2, 0.25) is 15.9 Å². The van der Waals surface area contributed by atoms with Crippen LogP contribution < -0.4 is 15.4 Å². The number of carbonyl (C=O) groups excluding carboxylic acids is 2. The number of anilines is 1. The van der Waals surface area contributed by atoms with E-state index >= 15 is 0 Å². The van der Waals surface area contributed by atoms with Gasteiger partial charge in [-0.15, -0.1) is 0 Å². The van der Waals surface area contributed by atoms with Gasteiger partial charge in [0.1, 0.15) is 5.82 Å². The van der Waals surface area contributed by atoms with Crippen LogP contribution in [0.25, 0.3) is 0 Å². The third-order valence-electron chi connectivity index (χ3n) is 3.56. The Bertz CT molecular complexity index is 945. The van der Waals surface area contributed by atoms with Crippen LogP contribution in [0, 0.1) is 12.7 Å². The van der Waals surface area contributed by atoms with Gasteiger partial charge in [-0.2, -0.15) is 0 Å². The Morgan fingerprint density at radius 2 is 1.81 bits per heavy atom. The molecule has 26 heavy (non-hydrogen) atoms. The van der Waals surface area contributed by atoms with Crippen LogP contribution in [0.15, 0.2) is 47.4 Å². The lowest BCUT2D eigenvalue weighted by Crippen LogP contribution is -2.33. The second-order valence-corrected chi connectivity index (χ2v) is 7.25. The SMILES string of the molecule is CNS(=O)(=O)c1cc(NC(=O)CNC(=O)c2ccccc2F)ccc1C. The summed E-state index contributed by atoms with van der Waals surface area (Å²) in [5.41, 5.74) is 0.609. The first kappa shape index (κ1) is 19.5. The van der Waals surface area contributed by atoms with E-state index in [4.69, 9.17) is 0 Å². The zero-order valence-corrected chi connectivity index (χ0v) is 15.0. The van der Waals surface area contributed by atoms with Gasteiger partial charge in [0.25, 0.3) is 5.91 Å². The number of nitrogens with one attached hydrogen (secondary N) is 3. The lowest BCUT2D eigenvalue weighted by molar-refractivity contribution is -0.115. The van der Waals surface area contributed by atoms with Crippen molar-refractivity contribution in [1.29, 1.82) is 0 Å². The first-order valence-corrected chi connectivity index (χ1v) is 9.09. The lowest BCUT2D eigenvalue weighted by atomic mass is 10.2. The van der Waals surface area contributed by atoms with Crippen LogP contribution in [-0.2, 0) is 14.8 Å². The molecule has 9 heteroatoms. The molecule has 0 bridgehead atoms. The molecule has 0 atom stereocenters. The van der Waals surface area contributed by atoms with E-state index in [0.29, 0.717) is 5.56 Å². The summed E-state index contributed by atoms with van der Waals surface area (Å²) in [5.74, 6) is -1.99. The number of amides is 2. The van der Waals surface area contributed by atoms with E-state index in [1.165, 1.54) is 31.3 Å². The van der Waals surface area contributed by atoms with Crippen LogP contribution >= 0.6 is 0 Å². The molecule has 7 nitrogen and oxygen atoms in total. The normalized spacial score (nSPS) is 11.0. The molecule has 138 valence electrons. The Balaban J connectivity index is 2.03. The molecule has 0 aliphatic carbocycles. The predicted molar refractivity (Wildman–Crippen MR) is 94.8 cm³/mol. The van der Waals surface area contributed by atoms with Crippen molar-refractivity contribution in [2.45, 2.75) is 11.8 Å². The third-order valence-corrected chi connectivity index (χ3v) is 5.11. The Kier molecular flexibility index (Phi) is 6.06. The maximum Gasteiger partial charge on any atom is 0.254 e. The highest BCUT2D eigenvalue weighted by atomic mass is 32.2. The molecule has 0 aliphatic heterocycles. The van der Waals surface area contributed by atoms with Crippen molar-refractivity contribution in [2.75, 3.05) is 18.9 Å². The molecule has 2 aromatic rings. The van der Waals surface area contributed by atoms with Crippen LogP contribution in [0.5, 0.6) is 0 Å². The Labute approximate surface area is 150 Å². The molecule has 0 radical (unpaired) electrons. The van der Waals surface area contributed by atoms with Gasteiger partial charge in [0, 0.05) is 5.69 Å². The van der Waals surface area contributed by atoms with Crippen molar-refractivity contribution >= 4 is 27.5 Å². The molecule has 2 aromatic carbocycles. The molecule has 0 unspecified atom stereocenters. The molecular formula is C17H18FN3O4S. The second-order valence-electron chi connectivity index (χ2n) is 5.40. The summed E-state index contributed by atoms with van der Waals surface area (Å²) >= 11 is 0. The van der Waals surface area contributed by atoms with Crippen molar-refractivity contribution in [3.63, 3.8) is 0 Å². The summed E-state index contributed by atoms with van der Waals surface area (Å²) in [6.07, 6.45) is 0. The summed E-state index contributed by atoms with van der Waals surface area (Å²) in [7, 11) is -2.38. The van der Waals surface area contributed by atoms with Gasteiger partial charge in [0.15, 0.2) is 0 Å². The molecule has 0 aromatic heterocycles. The molecule has 0 heterocycles. The van der Waals surface area contributed by atoms with Crippen molar-refractivity contribution in [3.8, 4) is 0 Å². The number of carbonyl (C=O) groups is 2. The summed E-state index contributed by atoms with van der Waals surface area (Å²) in [5, 5.41) is 4.79. The smallest absolute Gasteiger partial charge is 0.254 e. The van der Waals surface area contributed by atoms with Gasteiger partial charge in [-0.05, 0) is 43.8 Å². The number of sulfonamides is 1. The number of aryl methyl sites for hydroxylation is 1. The highest BCUT2D eigenvalue weighted by Gasteiger charge is 2.16. The molecule has 0 saturated heterocycles. The van der Waals surface area contributed by atoms with E-state index in [9.17, 15) is 22.4 Å².